The van der Waals surface area contributed by atoms with E-state index in [9.17, 15) is 10.1 Å². The normalized spacial score (nSPS) is 21.1. The molecule has 0 bridgehead atoms. The van der Waals surface area contributed by atoms with E-state index in [4.69, 9.17) is 14.9 Å². The summed E-state index contributed by atoms with van der Waals surface area (Å²) in [6, 6.07) is 9.40. The molecule has 1 N–H and O–H groups in total. The number of ether oxygens (including phenoxy) is 2. The highest BCUT2D eigenvalue weighted by atomic mass is 79.9. The number of nitriles is 1. The van der Waals surface area contributed by atoms with Gasteiger partial charge in [-0.25, -0.2) is 4.79 Å². The molecule has 1 aliphatic heterocycles. The van der Waals surface area contributed by atoms with Gasteiger partial charge in [0, 0.05) is 10.4 Å². The highest BCUT2D eigenvalue weighted by Gasteiger charge is 2.41. The number of allylic oxidation sites excluding steroid dienone is 1. The molecule has 0 spiro atoms. The molecule has 0 fully saturated rings. The average molecular weight is 363 g/mol. The Bertz CT molecular complexity index is 691. The molecule has 0 saturated carbocycles. The van der Waals surface area contributed by atoms with Gasteiger partial charge in [-0.15, -0.1) is 0 Å². The Morgan fingerprint density at radius 2 is 2.27 bits per heavy atom. The SMILES string of the molecule is CCOC(=O)C1=C(C)OC(=N)C(C#N)C1c1cccc(Br)c1. The minimum Gasteiger partial charge on any atom is -0.463 e. The van der Waals surface area contributed by atoms with E-state index < -0.39 is 17.8 Å². The zero-order chi connectivity index (χ0) is 16.3. The van der Waals surface area contributed by atoms with Crippen LogP contribution in [0.2, 0.25) is 0 Å². The van der Waals surface area contributed by atoms with Crippen molar-refractivity contribution in [1.82, 2.24) is 0 Å². The fourth-order valence-corrected chi connectivity index (χ4v) is 2.91. The molecule has 0 aromatic heterocycles. The molecule has 6 heteroatoms. The van der Waals surface area contributed by atoms with Crippen molar-refractivity contribution in [2.24, 2.45) is 5.92 Å². The Morgan fingerprint density at radius 3 is 2.86 bits per heavy atom. The molecule has 0 aliphatic carbocycles. The van der Waals surface area contributed by atoms with Gasteiger partial charge in [0.25, 0.3) is 0 Å². The predicted octanol–water partition coefficient (Wildman–Crippen LogP) is 3.52. The van der Waals surface area contributed by atoms with E-state index in [1.165, 1.54) is 0 Å². The van der Waals surface area contributed by atoms with Crippen LogP contribution in [0.4, 0.5) is 0 Å². The smallest absolute Gasteiger partial charge is 0.338 e. The Balaban J connectivity index is 2.60. The van der Waals surface area contributed by atoms with Crippen LogP contribution in [0.5, 0.6) is 0 Å². The molecule has 2 unspecified atom stereocenters. The lowest BCUT2D eigenvalue weighted by Crippen LogP contribution is -2.33. The van der Waals surface area contributed by atoms with Crippen molar-refractivity contribution in [2.45, 2.75) is 19.8 Å². The number of halogens is 1. The summed E-state index contributed by atoms with van der Waals surface area (Å²) in [4.78, 5) is 12.3. The van der Waals surface area contributed by atoms with E-state index in [0.29, 0.717) is 11.3 Å². The van der Waals surface area contributed by atoms with Gasteiger partial charge in [0.2, 0.25) is 5.90 Å². The number of esters is 1. The van der Waals surface area contributed by atoms with Crippen LogP contribution in [0, 0.1) is 22.7 Å². The molecule has 22 heavy (non-hydrogen) atoms. The second-order valence-corrected chi connectivity index (χ2v) is 5.71. The number of rotatable bonds is 3. The quantitative estimate of drug-likeness (QED) is 0.833. The zero-order valence-electron chi connectivity index (χ0n) is 12.2. The lowest BCUT2D eigenvalue weighted by Gasteiger charge is -2.30. The number of hydrogen-bond acceptors (Lipinski definition) is 5. The van der Waals surface area contributed by atoms with Crippen molar-refractivity contribution in [3.63, 3.8) is 0 Å². The molecule has 2 atom stereocenters. The third kappa shape index (κ3) is 3.04. The van der Waals surface area contributed by atoms with Crippen molar-refractivity contribution in [2.75, 3.05) is 6.61 Å². The molecule has 1 heterocycles. The van der Waals surface area contributed by atoms with Gasteiger partial charge in [0.05, 0.1) is 18.2 Å². The summed E-state index contributed by atoms with van der Waals surface area (Å²) in [6.07, 6.45) is 0. The number of carbonyl (C=O) groups excluding carboxylic acids is 1. The molecular weight excluding hydrogens is 348 g/mol. The van der Waals surface area contributed by atoms with E-state index in [1.807, 2.05) is 24.3 Å². The third-order valence-corrected chi connectivity index (χ3v) is 3.90. The van der Waals surface area contributed by atoms with Gasteiger partial charge >= 0.3 is 5.97 Å². The second kappa shape index (κ2) is 6.75. The molecule has 5 nitrogen and oxygen atoms in total. The first kappa shape index (κ1) is 16.2. The van der Waals surface area contributed by atoms with Crippen LogP contribution >= 0.6 is 15.9 Å². The van der Waals surface area contributed by atoms with Crippen LogP contribution in [0.3, 0.4) is 0 Å². The zero-order valence-corrected chi connectivity index (χ0v) is 13.8. The Labute approximate surface area is 137 Å². The summed E-state index contributed by atoms with van der Waals surface area (Å²) in [5.41, 5.74) is 1.05. The number of nitrogens with zero attached hydrogens (tertiary/aromatic N) is 1. The van der Waals surface area contributed by atoms with Crippen LogP contribution in [0.25, 0.3) is 0 Å². The van der Waals surface area contributed by atoms with Gasteiger partial charge in [-0.3, -0.25) is 5.41 Å². The van der Waals surface area contributed by atoms with Crippen LogP contribution < -0.4 is 0 Å². The number of nitrogens with one attached hydrogen (secondary N) is 1. The molecule has 1 aromatic carbocycles. The van der Waals surface area contributed by atoms with Gasteiger partial charge in [0.1, 0.15) is 11.7 Å². The minimum atomic E-state index is -0.864. The molecule has 0 saturated heterocycles. The van der Waals surface area contributed by atoms with Crippen LogP contribution in [-0.2, 0) is 14.3 Å². The Kier molecular flexibility index (Phi) is 4.99. The van der Waals surface area contributed by atoms with E-state index in [2.05, 4.69) is 22.0 Å². The van der Waals surface area contributed by atoms with Crippen molar-refractivity contribution >= 4 is 27.8 Å². The predicted molar refractivity (Wildman–Crippen MR) is 84.1 cm³/mol. The maximum atomic E-state index is 12.3. The van der Waals surface area contributed by atoms with Gasteiger partial charge in [-0.1, -0.05) is 28.1 Å². The van der Waals surface area contributed by atoms with Gasteiger partial charge in [-0.05, 0) is 31.5 Å². The van der Waals surface area contributed by atoms with Crippen LogP contribution in [0.15, 0.2) is 40.1 Å². The fourth-order valence-electron chi connectivity index (χ4n) is 2.49. The van der Waals surface area contributed by atoms with E-state index in [-0.39, 0.29) is 12.5 Å². The topological polar surface area (TPSA) is 83.2 Å². The summed E-state index contributed by atoms with van der Waals surface area (Å²) in [5, 5.41) is 17.3. The summed E-state index contributed by atoms with van der Waals surface area (Å²) in [5.74, 6) is -1.81. The molecule has 0 amide bonds. The fraction of sp³-hybridized carbons (Fsp3) is 0.312. The molecule has 2 rings (SSSR count). The first-order valence-electron chi connectivity index (χ1n) is 6.78. The summed E-state index contributed by atoms with van der Waals surface area (Å²) >= 11 is 3.39. The van der Waals surface area contributed by atoms with Crippen LogP contribution in [0.1, 0.15) is 25.3 Å². The first-order valence-corrected chi connectivity index (χ1v) is 7.58. The molecular formula is C16H15BrN2O3. The van der Waals surface area contributed by atoms with Crippen molar-refractivity contribution in [3.8, 4) is 6.07 Å². The van der Waals surface area contributed by atoms with Gasteiger partial charge in [0.15, 0.2) is 0 Å². The van der Waals surface area contributed by atoms with E-state index >= 15 is 0 Å². The Hall–Kier alpha value is -2.13. The minimum absolute atomic E-state index is 0.155. The van der Waals surface area contributed by atoms with Crippen molar-refractivity contribution in [3.05, 3.63) is 45.6 Å². The largest absolute Gasteiger partial charge is 0.463 e. The molecule has 114 valence electrons. The van der Waals surface area contributed by atoms with E-state index in [0.717, 1.165) is 10.0 Å². The highest BCUT2D eigenvalue weighted by Crippen LogP contribution is 2.40. The summed E-state index contributed by atoms with van der Waals surface area (Å²) < 4.78 is 11.2. The monoisotopic (exact) mass is 362 g/mol. The Morgan fingerprint density at radius 1 is 1.55 bits per heavy atom. The highest BCUT2D eigenvalue weighted by molar-refractivity contribution is 9.10. The number of carbonyl (C=O) groups is 1. The maximum absolute atomic E-state index is 12.3. The number of benzene rings is 1. The lowest BCUT2D eigenvalue weighted by atomic mass is 9.79. The summed E-state index contributed by atoms with van der Waals surface area (Å²) in [7, 11) is 0. The lowest BCUT2D eigenvalue weighted by molar-refractivity contribution is -0.139. The van der Waals surface area contributed by atoms with Gasteiger partial charge < -0.3 is 9.47 Å². The second-order valence-electron chi connectivity index (χ2n) is 4.80. The first-order chi connectivity index (χ1) is 10.5. The van der Waals surface area contributed by atoms with Gasteiger partial charge in [-0.2, -0.15) is 5.26 Å². The maximum Gasteiger partial charge on any atom is 0.338 e. The average Bonchev–Trinajstić information content (AvgIpc) is 2.46. The van der Waals surface area contributed by atoms with Crippen molar-refractivity contribution in [1.29, 1.82) is 10.7 Å². The molecule has 1 aromatic rings. The third-order valence-electron chi connectivity index (χ3n) is 3.41. The number of hydrogen-bond donors (Lipinski definition) is 1. The van der Waals surface area contributed by atoms with Crippen molar-refractivity contribution < 1.29 is 14.3 Å². The molecule has 1 aliphatic rings. The summed E-state index contributed by atoms with van der Waals surface area (Å²) in [6.45, 7) is 3.56. The standard InChI is InChI=1S/C16H15BrN2O3/c1-3-21-16(20)13-9(2)22-15(19)12(8-18)14(13)10-5-4-6-11(17)7-10/h4-7,12,14,19H,3H2,1-2H3. The van der Waals surface area contributed by atoms with Crippen LogP contribution in [-0.4, -0.2) is 18.5 Å². The molecule has 0 radical (unpaired) electrons. The van der Waals surface area contributed by atoms with E-state index in [1.54, 1.807) is 13.8 Å².